The van der Waals surface area contributed by atoms with Gasteiger partial charge in [0, 0.05) is 0 Å². The molecule has 0 aromatic carbocycles. The number of hydrogen-bond donors (Lipinski definition) is 1. The molecule has 0 saturated carbocycles. The fourth-order valence-electron chi connectivity index (χ4n) is 2.41. The lowest BCUT2D eigenvalue weighted by molar-refractivity contribution is 0.211. The SMILES string of the molecule is C=CCCCC(CN)(CCCC)CCCC. The van der Waals surface area contributed by atoms with Gasteiger partial charge in [-0.05, 0) is 44.1 Å². The molecule has 1 heteroatoms. The maximum Gasteiger partial charge on any atom is -0.00205 e. The first-order chi connectivity index (χ1) is 7.74. The third kappa shape index (κ3) is 6.32. The first-order valence-corrected chi connectivity index (χ1v) is 7.05. The zero-order valence-electron chi connectivity index (χ0n) is 11.4. The van der Waals surface area contributed by atoms with Crippen molar-refractivity contribution >= 4 is 0 Å². The lowest BCUT2D eigenvalue weighted by Crippen LogP contribution is -2.30. The normalized spacial score (nSPS) is 11.7. The Morgan fingerprint density at radius 2 is 1.50 bits per heavy atom. The van der Waals surface area contributed by atoms with Gasteiger partial charge in [-0.3, -0.25) is 0 Å². The van der Waals surface area contributed by atoms with E-state index in [0.29, 0.717) is 5.41 Å². The molecule has 0 aliphatic rings. The third-order valence-electron chi connectivity index (χ3n) is 3.67. The topological polar surface area (TPSA) is 26.0 Å². The first kappa shape index (κ1) is 15.7. The molecular weight excluding hydrogens is 194 g/mol. The van der Waals surface area contributed by atoms with Crippen molar-refractivity contribution in [2.24, 2.45) is 11.1 Å². The molecule has 0 bridgehead atoms. The molecule has 0 rings (SSSR count). The second kappa shape index (κ2) is 9.89. The molecule has 0 aliphatic heterocycles. The van der Waals surface area contributed by atoms with E-state index in [1.165, 1.54) is 51.4 Å². The van der Waals surface area contributed by atoms with Gasteiger partial charge in [0.25, 0.3) is 0 Å². The Morgan fingerprint density at radius 1 is 1.00 bits per heavy atom. The van der Waals surface area contributed by atoms with Crippen molar-refractivity contribution in [1.29, 1.82) is 0 Å². The summed E-state index contributed by atoms with van der Waals surface area (Å²) >= 11 is 0. The summed E-state index contributed by atoms with van der Waals surface area (Å²) in [6.07, 6.45) is 13.6. The Balaban J connectivity index is 4.21. The molecule has 0 atom stereocenters. The van der Waals surface area contributed by atoms with Crippen LogP contribution < -0.4 is 5.73 Å². The van der Waals surface area contributed by atoms with Crippen molar-refractivity contribution in [3.8, 4) is 0 Å². The monoisotopic (exact) mass is 225 g/mol. The molecule has 0 fully saturated rings. The van der Waals surface area contributed by atoms with Crippen LogP contribution in [0.3, 0.4) is 0 Å². The third-order valence-corrected chi connectivity index (χ3v) is 3.67. The number of hydrogen-bond acceptors (Lipinski definition) is 1. The number of unbranched alkanes of at least 4 members (excludes halogenated alkanes) is 3. The van der Waals surface area contributed by atoms with Crippen LogP contribution in [0.15, 0.2) is 12.7 Å². The maximum atomic E-state index is 6.05. The minimum Gasteiger partial charge on any atom is -0.330 e. The van der Waals surface area contributed by atoms with Gasteiger partial charge in [0.15, 0.2) is 0 Å². The molecule has 2 N–H and O–H groups in total. The van der Waals surface area contributed by atoms with E-state index in [-0.39, 0.29) is 0 Å². The summed E-state index contributed by atoms with van der Waals surface area (Å²) in [6.45, 7) is 9.20. The smallest absolute Gasteiger partial charge is 0.00205 e. The molecule has 16 heavy (non-hydrogen) atoms. The van der Waals surface area contributed by atoms with Crippen molar-refractivity contribution in [3.63, 3.8) is 0 Å². The van der Waals surface area contributed by atoms with Crippen LogP contribution in [0.1, 0.15) is 71.6 Å². The summed E-state index contributed by atoms with van der Waals surface area (Å²) in [5.74, 6) is 0. The number of rotatable bonds is 11. The van der Waals surface area contributed by atoms with Crippen molar-refractivity contribution in [2.75, 3.05) is 6.54 Å². The Morgan fingerprint density at radius 3 is 1.88 bits per heavy atom. The highest BCUT2D eigenvalue weighted by atomic mass is 14.6. The van der Waals surface area contributed by atoms with E-state index in [2.05, 4.69) is 20.4 Å². The van der Waals surface area contributed by atoms with Gasteiger partial charge in [0.1, 0.15) is 0 Å². The van der Waals surface area contributed by atoms with Gasteiger partial charge in [-0.25, -0.2) is 0 Å². The second-order valence-electron chi connectivity index (χ2n) is 5.09. The summed E-state index contributed by atoms with van der Waals surface area (Å²) in [5, 5.41) is 0. The molecule has 0 heterocycles. The van der Waals surface area contributed by atoms with E-state index >= 15 is 0 Å². The van der Waals surface area contributed by atoms with Crippen LogP contribution in [0.4, 0.5) is 0 Å². The Kier molecular flexibility index (Phi) is 9.71. The van der Waals surface area contributed by atoms with E-state index < -0.39 is 0 Å². The van der Waals surface area contributed by atoms with E-state index in [1.54, 1.807) is 0 Å². The molecule has 0 amide bonds. The molecule has 96 valence electrons. The molecule has 0 radical (unpaired) electrons. The van der Waals surface area contributed by atoms with Crippen LogP contribution in [0.25, 0.3) is 0 Å². The molecule has 0 aliphatic carbocycles. The number of nitrogens with two attached hydrogens (primary N) is 1. The fraction of sp³-hybridized carbons (Fsp3) is 0.867. The van der Waals surface area contributed by atoms with Crippen molar-refractivity contribution in [3.05, 3.63) is 12.7 Å². The van der Waals surface area contributed by atoms with E-state index in [0.717, 1.165) is 13.0 Å². The predicted octanol–water partition coefficient (Wildman–Crippen LogP) is 4.67. The Hall–Kier alpha value is -0.300. The van der Waals surface area contributed by atoms with Crippen molar-refractivity contribution in [2.45, 2.75) is 71.6 Å². The van der Waals surface area contributed by atoms with E-state index in [1.807, 2.05) is 6.08 Å². The highest BCUT2D eigenvalue weighted by Gasteiger charge is 2.26. The van der Waals surface area contributed by atoms with Gasteiger partial charge >= 0.3 is 0 Å². The van der Waals surface area contributed by atoms with Crippen LogP contribution in [0.2, 0.25) is 0 Å². The summed E-state index contributed by atoms with van der Waals surface area (Å²) in [7, 11) is 0. The quantitative estimate of drug-likeness (QED) is 0.401. The lowest BCUT2D eigenvalue weighted by Gasteiger charge is -2.33. The van der Waals surface area contributed by atoms with Gasteiger partial charge in [-0.2, -0.15) is 0 Å². The van der Waals surface area contributed by atoms with Gasteiger partial charge in [0.05, 0.1) is 0 Å². The summed E-state index contributed by atoms with van der Waals surface area (Å²) in [4.78, 5) is 0. The first-order valence-electron chi connectivity index (χ1n) is 7.05. The van der Waals surface area contributed by atoms with E-state index in [4.69, 9.17) is 5.73 Å². The minimum absolute atomic E-state index is 0.426. The maximum absolute atomic E-state index is 6.05. The minimum atomic E-state index is 0.426. The summed E-state index contributed by atoms with van der Waals surface area (Å²) < 4.78 is 0. The molecule has 0 aromatic heterocycles. The molecular formula is C15H31N. The van der Waals surface area contributed by atoms with Crippen molar-refractivity contribution < 1.29 is 0 Å². The Bertz CT molecular complexity index is 155. The van der Waals surface area contributed by atoms with Gasteiger partial charge in [-0.15, -0.1) is 6.58 Å². The summed E-state index contributed by atoms with van der Waals surface area (Å²) in [5.41, 5.74) is 6.47. The van der Waals surface area contributed by atoms with Crippen LogP contribution >= 0.6 is 0 Å². The fourth-order valence-corrected chi connectivity index (χ4v) is 2.41. The Labute approximate surface area is 102 Å². The van der Waals surface area contributed by atoms with E-state index in [9.17, 15) is 0 Å². The molecule has 0 spiro atoms. The van der Waals surface area contributed by atoms with Gasteiger partial charge < -0.3 is 5.73 Å². The zero-order valence-corrected chi connectivity index (χ0v) is 11.4. The standard InChI is InChI=1S/C15H31N/c1-4-7-10-13-15(14-16,11-8-5-2)12-9-6-3/h4H,1,5-14,16H2,2-3H3. The van der Waals surface area contributed by atoms with Gasteiger partial charge in [0.2, 0.25) is 0 Å². The van der Waals surface area contributed by atoms with Crippen molar-refractivity contribution in [1.82, 2.24) is 0 Å². The second-order valence-corrected chi connectivity index (χ2v) is 5.09. The summed E-state index contributed by atoms with van der Waals surface area (Å²) in [6, 6.07) is 0. The van der Waals surface area contributed by atoms with Crippen LogP contribution in [-0.2, 0) is 0 Å². The average molecular weight is 225 g/mol. The molecule has 0 unspecified atom stereocenters. The van der Waals surface area contributed by atoms with Crippen LogP contribution in [0.5, 0.6) is 0 Å². The zero-order chi connectivity index (χ0) is 12.3. The van der Waals surface area contributed by atoms with Crippen LogP contribution in [0, 0.1) is 5.41 Å². The highest BCUT2D eigenvalue weighted by molar-refractivity contribution is 4.81. The predicted molar refractivity (Wildman–Crippen MR) is 74.6 cm³/mol. The molecule has 0 aromatic rings. The van der Waals surface area contributed by atoms with Gasteiger partial charge in [-0.1, -0.05) is 45.6 Å². The highest BCUT2D eigenvalue weighted by Crippen LogP contribution is 2.35. The van der Waals surface area contributed by atoms with Crippen LogP contribution in [-0.4, -0.2) is 6.54 Å². The number of allylic oxidation sites excluding steroid dienone is 1. The lowest BCUT2D eigenvalue weighted by atomic mass is 9.74. The molecule has 0 saturated heterocycles. The average Bonchev–Trinajstić information content (AvgIpc) is 2.32. The molecule has 1 nitrogen and oxygen atoms in total. The largest absolute Gasteiger partial charge is 0.330 e.